The zero-order chi connectivity index (χ0) is 14.7. The van der Waals surface area contributed by atoms with Crippen molar-refractivity contribution in [1.82, 2.24) is 0 Å². The fourth-order valence-corrected chi connectivity index (χ4v) is 2.59. The number of benzene rings is 2. The van der Waals surface area contributed by atoms with Crippen LogP contribution < -0.4 is 10.6 Å². The SMILES string of the molecule is CCc1ccc(CNc2ccc3c(c2)CCC(=O)N3)cc1. The summed E-state index contributed by atoms with van der Waals surface area (Å²) in [5.74, 6) is 0.110. The van der Waals surface area contributed by atoms with Gasteiger partial charge in [0.1, 0.15) is 0 Å². The van der Waals surface area contributed by atoms with Gasteiger partial charge in [-0.1, -0.05) is 31.2 Å². The molecule has 0 fully saturated rings. The first-order valence-corrected chi connectivity index (χ1v) is 7.49. The third kappa shape index (κ3) is 3.24. The van der Waals surface area contributed by atoms with Gasteiger partial charge >= 0.3 is 0 Å². The Morgan fingerprint density at radius 3 is 2.57 bits per heavy atom. The van der Waals surface area contributed by atoms with Gasteiger partial charge in [-0.05, 0) is 47.7 Å². The maximum Gasteiger partial charge on any atom is 0.224 e. The van der Waals surface area contributed by atoms with E-state index < -0.39 is 0 Å². The Hall–Kier alpha value is -2.29. The molecular formula is C18H20N2O. The largest absolute Gasteiger partial charge is 0.381 e. The molecule has 2 aromatic rings. The average Bonchev–Trinajstić information content (AvgIpc) is 2.53. The second-order valence-electron chi connectivity index (χ2n) is 5.44. The van der Waals surface area contributed by atoms with E-state index in [1.165, 1.54) is 16.7 Å². The summed E-state index contributed by atoms with van der Waals surface area (Å²) in [6.07, 6.45) is 2.47. The molecule has 0 atom stereocenters. The summed E-state index contributed by atoms with van der Waals surface area (Å²) in [6.45, 7) is 2.98. The van der Waals surface area contributed by atoms with E-state index in [-0.39, 0.29) is 5.91 Å². The smallest absolute Gasteiger partial charge is 0.224 e. The van der Waals surface area contributed by atoms with Crippen LogP contribution in [0.5, 0.6) is 0 Å². The van der Waals surface area contributed by atoms with Crippen LogP contribution in [0.2, 0.25) is 0 Å². The van der Waals surface area contributed by atoms with Crippen LogP contribution in [-0.4, -0.2) is 5.91 Å². The number of rotatable bonds is 4. The molecule has 1 aliphatic heterocycles. The Bertz CT molecular complexity index is 647. The minimum absolute atomic E-state index is 0.110. The minimum atomic E-state index is 0.110. The molecule has 0 saturated heterocycles. The molecule has 21 heavy (non-hydrogen) atoms. The predicted octanol–water partition coefficient (Wildman–Crippen LogP) is 3.75. The monoisotopic (exact) mass is 280 g/mol. The maximum atomic E-state index is 11.3. The third-order valence-corrected chi connectivity index (χ3v) is 3.93. The summed E-state index contributed by atoms with van der Waals surface area (Å²) in [7, 11) is 0. The summed E-state index contributed by atoms with van der Waals surface area (Å²) in [5, 5.41) is 6.35. The Labute approximate surface area is 125 Å². The van der Waals surface area contributed by atoms with Crippen LogP contribution in [0.1, 0.15) is 30.0 Å². The molecule has 3 rings (SSSR count). The van der Waals surface area contributed by atoms with E-state index in [1.54, 1.807) is 0 Å². The molecule has 0 spiro atoms. The highest BCUT2D eigenvalue weighted by Gasteiger charge is 2.14. The Kier molecular flexibility index (Phi) is 3.91. The topological polar surface area (TPSA) is 41.1 Å². The number of aryl methyl sites for hydroxylation is 2. The normalized spacial score (nSPS) is 13.5. The maximum absolute atomic E-state index is 11.3. The van der Waals surface area contributed by atoms with E-state index in [9.17, 15) is 4.79 Å². The van der Waals surface area contributed by atoms with E-state index in [4.69, 9.17) is 0 Å². The lowest BCUT2D eigenvalue weighted by molar-refractivity contribution is -0.116. The molecule has 1 aliphatic rings. The highest BCUT2D eigenvalue weighted by Crippen LogP contribution is 2.25. The van der Waals surface area contributed by atoms with Crippen molar-refractivity contribution in [2.45, 2.75) is 32.7 Å². The van der Waals surface area contributed by atoms with Crippen LogP contribution in [0.25, 0.3) is 0 Å². The van der Waals surface area contributed by atoms with Crippen LogP contribution in [0, 0.1) is 0 Å². The van der Waals surface area contributed by atoms with Crippen LogP contribution >= 0.6 is 0 Å². The molecule has 3 heteroatoms. The number of hydrogen-bond donors (Lipinski definition) is 2. The zero-order valence-electron chi connectivity index (χ0n) is 12.3. The van der Waals surface area contributed by atoms with Crippen molar-refractivity contribution >= 4 is 17.3 Å². The first-order valence-electron chi connectivity index (χ1n) is 7.49. The summed E-state index contributed by atoms with van der Waals surface area (Å²) >= 11 is 0. The molecule has 0 saturated carbocycles. The van der Waals surface area contributed by atoms with Gasteiger partial charge < -0.3 is 10.6 Å². The van der Waals surface area contributed by atoms with Gasteiger partial charge in [-0.25, -0.2) is 0 Å². The molecule has 0 aromatic heterocycles. The average molecular weight is 280 g/mol. The molecule has 3 nitrogen and oxygen atoms in total. The van der Waals surface area contributed by atoms with Gasteiger partial charge in [0, 0.05) is 24.3 Å². The molecule has 0 unspecified atom stereocenters. The lowest BCUT2D eigenvalue weighted by Gasteiger charge is -2.18. The van der Waals surface area contributed by atoms with Gasteiger partial charge in [0.2, 0.25) is 5.91 Å². The highest BCUT2D eigenvalue weighted by atomic mass is 16.1. The van der Waals surface area contributed by atoms with E-state index >= 15 is 0 Å². The number of carbonyl (C=O) groups excluding carboxylic acids is 1. The van der Waals surface area contributed by atoms with Crippen molar-refractivity contribution in [3.05, 3.63) is 59.2 Å². The molecule has 0 bridgehead atoms. The van der Waals surface area contributed by atoms with Gasteiger partial charge in [0.05, 0.1) is 0 Å². The zero-order valence-corrected chi connectivity index (χ0v) is 12.3. The van der Waals surface area contributed by atoms with Crippen molar-refractivity contribution in [3.63, 3.8) is 0 Å². The number of fused-ring (bicyclic) bond motifs is 1. The second kappa shape index (κ2) is 6.00. The summed E-state index contributed by atoms with van der Waals surface area (Å²) in [4.78, 5) is 11.3. The summed E-state index contributed by atoms with van der Waals surface area (Å²) in [5.41, 5.74) is 5.90. The molecule has 1 heterocycles. The Balaban J connectivity index is 1.66. The van der Waals surface area contributed by atoms with Gasteiger partial charge in [0.15, 0.2) is 0 Å². The van der Waals surface area contributed by atoms with Crippen LogP contribution in [0.3, 0.4) is 0 Å². The quantitative estimate of drug-likeness (QED) is 0.895. The number of amides is 1. The molecule has 2 N–H and O–H groups in total. The highest BCUT2D eigenvalue weighted by molar-refractivity contribution is 5.94. The molecule has 108 valence electrons. The number of hydrogen-bond acceptors (Lipinski definition) is 2. The van der Waals surface area contributed by atoms with E-state index in [1.807, 2.05) is 12.1 Å². The van der Waals surface area contributed by atoms with Gasteiger partial charge in [-0.15, -0.1) is 0 Å². The van der Waals surface area contributed by atoms with Crippen molar-refractivity contribution in [2.75, 3.05) is 10.6 Å². The number of anilines is 2. The lowest BCUT2D eigenvalue weighted by atomic mass is 10.0. The van der Waals surface area contributed by atoms with Gasteiger partial charge in [-0.3, -0.25) is 4.79 Å². The van der Waals surface area contributed by atoms with Crippen molar-refractivity contribution in [2.24, 2.45) is 0 Å². The molecule has 0 aliphatic carbocycles. The standard InChI is InChI=1S/C18H20N2O/c1-2-13-3-5-14(6-4-13)12-19-16-8-9-17-15(11-16)7-10-18(21)20-17/h3-6,8-9,11,19H,2,7,10,12H2,1H3,(H,20,21). The van der Waals surface area contributed by atoms with E-state index in [0.29, 0.717) is 6.42 Å². The van der Waals surface area contributed by atoms with E-state index in [0.717, 1.165) is 30.8 Å². The first-order chi connectivity index (χ1) is 10.2. The lowest BCUT2D eigenvalue weighted by Crippen LogP contribution is -2.18. The molecule has 0 radical (unpaired) electrons. The Morgan fingerprint density at radius 2 is 1.81 bits per heavy atom. The molecular weight excluding hydrogens is 260 g/mol. The van der Waals surface area contributed by atoms with Gasteiger partial charge in [-0.2, -0.15) is 0 Å². The van der Waals surface area contributed by atoms with E-state index in [2.05, 4.69) is 47.9 Å². The predicted molar refractivity (Wildman–Crippen MR) is 86.5 cm³/mol. The molecule has 2 aromatic carbocycles. The van der Waals surface area contributed by atoms with Crippen LogP contribution in [0.4, 0.5) is 11.4 Å². The van der Waals surface area contributed by atoms with Crippen LogP contribution in [-0.2, 0) is 24.2 Å². The number of nitrogens with one attached hydrogen (secondary N) is 2. The fraction of sp³-hybridized carbons (Fsp3) is 0.278. The van der Waals surface area contributed by atoms with Crippen LogP contribution in [0.15, 0.2) is 42.5 Å². The summed E-state index contributed by atoms with van der Waals surface area (Å²) in [6, 6.07) is 14.8. The first kappa shape index (κ1) is 13.7. The van der Waals surface area contributed by atoms with Crippen molar-refractivity contribution in [3.8, 4) is 0 Å². The van der Waals surface area contributed by atoms with Gasteiger partial charge in [0.25, 0.3) is 0 Å². The third-order valence-electron chi connectivity index (χ3n) is 3.93. The fourth-order valence-electron chi connectivity index (χ4n) is 2.59. The minimum Gasteiger partial charge on any atom is -0.381 e. The van der Waals surface area contributed by atoms with Crippen molar-refractivity contribution < 1.29 is 4.79 Å². The second-order valence-corrected chi connectivity index (χ2v) is 5.44. The number of carbonyl (C=O) groups is 1. The molecule has 1 amide bonds. The van der Waals surface area contributed by atoms with Crippen molar-refractivity contribution in [1.29, 1.82) is 0 Å². The Morgan fingerprint density at radius 1 is 1.05 bits per heavy atom. The summed E-state index contributed by atoms with van der Waals surface area (Å²) < 4.78 is 0.